The third-order valence-corrected chi connectivity index (χ3v) is 7.33. The van der Waals surface area contributed by atoms with Gasteiger partial charge in [-0.3, -0.25) is 9.59 Å². The number of carbonyl (C=O) groups is 3. The van der Waals surface area contributed by atoms with Gasteiger partial charge in [-0.05, 0) is 49.3 Å². The van der Waals surface area contributed by atoms with Gasteiger partial charge in [-0.15, -0.1) is 0 Å². The number of nitrogens with two attached hydrogens (primary N) is 1. The first kappa shape index (κ1) is 28.2. The first-order valence-corrected chi connectivity index (χ1v) is 12.8. The summed E-state index contributed by atoms with van der Waals surface area (Å²) in [4.78, 5) is 44.9. The maximum absolute atomic E-state index is 13.7. The van der Waals surface area contributed by atoms with Crippen LogP contribution >= 0.6 is 0 Å². The number of alkyl halides is 1. The fourth-order valence-electron chi connectivity index (χ4n) is 4.89. The predicted molar refractivity (Wildman–Crippen MR) is 140 cm³/mol. The monoisotopic (exact) mass is 512 g/mol. The number of methoxy groups -OCH3 is 1. The molecule has 1 aliphatic heterocycles. The Hall–Kier alpha value is -3.33. The highest BCUT2D eigenvalue weighted by Crippen LogP contribution is 2.36. The minimum atomic E-state index is -0.712. The molecular formula is C28H37FN4O4. The van der Waals surface area contributed by atoms with Crippen LogP contribution in [0, 0.1) is 11.8 Å². The molecule has 0 aliphatic carbocycles. The summed E-state index contributed by atoms with van der Waals surface area (Å²) < 4.78 is 17.7. The van der Waals surface area contributed by atoms with Crippen LogP contribution in [0.15, 0.2) is 48.7 Å². The first-order chi connectivity index (χ1) is 17.8. The summed E-state index contributed by atoms with van der Waals surface area (Å²) in [5.74, 6) is -1.14. The van der Waals surface area contributed by atoms with Crippen LogP contribution in [0.5, 0.6) is 0 Å². The van der Waals surface area contributed by atoms with Crippen molar-refractivity contribution in [2.24, 2.45) is 17.6 Å². The smallest absolute Gasteiger partial charge is 0.339 e. The van der Waals surface area contributed by atoms with Crippen molar-refractivity contribution in [3.8, 4) is 0 Å². The number of benzene rings is 1. The maximum atomic E-state index is 13.7. The van der Waals surface area contributed by atoms with E-state index in [1.54, 1.807) is 4.90 Å². The molecule has 1 aliphatic rings. The van der Waals surface area contributed by atoms with Crippen molar-refractivity contribution in [3.63, 3.8) is 0 Å². The van der Waals surface area contributed by atoms with Crippen LogP contribution in [0.3, 0.4) is 0 Å². The molecule has 3 rings (SSSR count). The van der Waals surface area contributed by atoms with Crippen LogP contribution in [0.25, 0.3) is 0 Å². The maximum Gasteiger partial charge on any atom is 0.339 e. The van der Waals surface area contributed by atoms with Crippen LogP contribution in [0.2, 0.25) is 0 Å². The first-order valence-electron chi connectivity index (χ1n) is 12.8. The lowest BCUT2D eigenvalue weighted by Crippen LogP contribution is -2.47. The second kappa shape index (κ2) is 13.3. The van der Waals surface area contributed by atoms with Gasteiger partial charge in [0.2, 0.25) is 11.8 Å². The lowest BCUT2D eigenvalue weighted by Gasteiger charge is -2.31. The topological polar surface area (TPSA) is 115 Å². The van der Waals surface area contributed by atoms with E-state index >= 15 is 0 Å². The molecule has 1 aromatic carbocycles. The number of rotatable bonds is 11. The van der Waals surface area contributed by atoms with Gasteiger partial charge in [-0.25, -0.2) is 14.2 Å². The molecule has 8 nitrogen and oxygen atoms in total. The fraction of sp³-hybridized carbons (Fsp3) is 0.500. The third kappa shape index (κ3) is 6.91. The van der Waals surface area contributed by atoms with Gasteiger partial charge in [0.25, 0.3) is 0 Å². The van der Waals surface area contributed by atoms with Crippen molar-refractivity contribution < 1.29 is 23.5 Å². The standard InChI is InChI=1S/C28H37FN4O4/c1-4-19(11-10-18(2)23(30)16-29)27(35)33-15-14-22(20-8-6-5-7-9-20)25(33)26(34)32-24-13-12-21(17-31-24)28(36)37-3/h5-9,12-13,17-19,22-23,25H,4,10-11,14-16,30H2,1-3H3,(H,31,32,34)/t18-,19-,22-,23?,25+/m1/s1. The summed E-state index contributed by atoms with van der Waals surface area (Å²) >= 11 is 0. The van der Waals surface area contributed by atoms with E-state index in [1.165, 1.54) is 25.4 Å². The van der Waals surface area contributed by atoms with Gasteiger partial charge in [-0.1, -0.05) is 44.2 Å². The summed E-state index contributed by atoms with van der Waals surface area (Å²) in [5, 5.41) is 2.83. The van der Waals surface area contributed by atoms with Crippen LogP contribution in [0.4, 0.5) is 10.2 Å². The zero-order valence-corrected chi connectivity index (χ0v) is 21.7. The number of nitrogens with one attached hydrogen (secondary N) is 1. The Labute approximate surface area is 217 Å². The number of halogens is 1. The van der Waals surface area contributed by atoms with Crippen molar-refractivity contribution in [3.05, 3.63) is 59.8 Å². The summed E-state index contributed by atoms with van der Waals surface area (Å²) in [6, 6.07) is 11.5. The Kier molecular flexibility index (Phi) is 10.1. The molecule has 1 aromatic heterocycles. The molecule has 2 aromatic rings. The Morgan fingerprint density at radius 3 is 2.51 bits per heavy atom. The van der Waals surface area contributed by atoms with E-state index in [2.05, 4.69) is 10.3 Å². The number of likely N-dealkylation sites (tertiary alicyclic amines) is 1. The van der Waals surface area contributed by atoms with E-state index in [0.29, 0.717) is 32.2 Å². The zero-order chi connectivity index (χ0) is 26.9. The van der Waals surface area contributed by atoms with E-state index in [1.807, 2.05) is 44.2 Å². The highest BCUT2D eigenvalue weighted by atomic mass is 19.1. The number of carbonyl (C=O) groups excluding carboxylic acids is 3. The van der Waals surface area contributed by atoms with Crippen LogP contribution in [-0.2, 0) is 14.3 Å². The quantitative estimate of drug-likeness (QED) is 0.441. The summed E-state index contributed by atoms with van der Waals surface area (Å²) in [6.07, 6.45) is 3.83. The van der Waals surface area contributed by atoms with E-state index in [0.717, 1.165) is 5.56 Å². The molecule has 2 amide bonds. The van der Waals surface area contributed by atoms with Gasteiger partial charge in [0.1, 0.15) is 18.5 Å². The average molecular weight is 513 g/mol. The SMILES string of the molecule is CC[C@H](CC[C@@H](C)C(N)CF)C(=O)N1CC[C@H](c2ccccc2)[C@H]1C(=O)Nc1ccc(C(=O)OC)cn1. The zero-order valence-electron chi connectivity index (χ0n) is 21.7. The highest BCUT2D eigenvalue weighted by molar-refractivity contribution is 5.98. The number of esters is 1. The normalized spacial score (nSPS) is 19.6. The molecule has 2 heterocycles. The fourth-order valence-corrected chi connectivity index (χ4v) is 4.89. The molecule has 1 fully saturated rings. The molecule has 37 heavy (non-hydrogen) atoms. The Morgan fingerprint density at radius 1 is 1.19 bits per heavy atom. The number of hydrogen-bond acceptors (Lipinski definition) is 6. The Balaban J connectivity index is 1.81. The number of hydrogen-bond donors (Lipinski definition) is 2. The molecule has 5 atom stereocenters. The van der Waals surface area contributed by atoms with Crippen molar-refractivity contribution in [1.29, 1.82) is 0 Å². The number of amides is 2. The number of ether oxygens (including phenoxy) is 1. The molecule has 0 radical (unpaired) electrons. The number of pyridine rings is 1. The summed E-state index contributed by atoms with van der Waals surface area (Å²) in [7, 11) is 1.28. The van der Waals surface area contributed by atoms with Crippen molar-refractivity contribution >= 4 is 23.6 Å². The molecule has 9 heteroatoms. The van der Waals surface area contributed by atoms with E-state index in [9.17, 15) is 18.8 Å². The molecule has 1 saturated heterocycles. The van der Waals surface area contributed by atoms with E-state index in [4.69, 9.17) is 10.5 Å². The average Bonchev–Trinajstić information content (AvgIpc) is 3.38. The van der Waals surface area contributed by atoms with Crippen molar-refractivity contribution in [2.75, 3.05) is 25.6 Å². The summed E-state index contributed by atoms with van der Waals surface area (Å²) in [6.45, 7) is 3.72. The molecule has 0 bridgehead atoms. The van der Waals surface area contributed by atoms with Crippen molar-refractivity contribution in [2.45, 2.75) is 57.5 Å². The van der Waals surface area contributed by atoms with Gasteiger partial charge in [0.15, 0.2) is 0 Å². The Bertz CT molecular complexity index is 1050. The number of anilines is 1. The lowest BCUT2D eigenvalue weighted by molar-refractivity contribution is -0.140. The van der Waals surface area contributed by atoms with Gasteiger partial charge in [0.05, 0.1) is 12.7 Å². The van der Waals surface area contributed by atoms with Crippen LogP contribution in [0.1, 0.15) is 61.4 Å². The minimum Gasteiger partial charge on any atom is -0.465 e. The predicted octanol–water partition coefficient (Wildman–Crippen LogP) is 3.93. The van der Waals surface area contributed by atoms with Gasteiger partial charge >= 0.3 is 5.97 Å². The van der Waals surface area contributed by atoms with Crippen molar-refractivity contribution in [1.82, 2.24) is 9.88 Å². The number of nitrogens with zero attached hydrogens (tertiary/aromatic N) is 2. The van der Waals surface area contributed by atoms with Gasteiger partial charge < -0.3 is 20.7 Å². The van der Waals surface area contributed by atoms with E-state index in [-0.39, 0.29) is 40.9 Å². The minimum absolute atomic E-state index is 0.0411. The lowest BCUT2D eigenvalue weighted by atomic mass is 9.89. The number of aromatic nitrogens is 1. The molecule has 200 valence electrons. The largest absolute Gasteiger partial charge is 0.465 e. The Morgan fingerprint density at radius 2 is 1.92 bits per heavy atom. The van der Waals surface area contributed by atoms with Gasteiger partial charge in [-0.2, -0.15) is 0 Å². The second-order valence-electron chi connectivity index (χ2n) is 9.67. The molecular weight excluding hydrogens is 475 g/mol. The third-order valence-electron chi connectivity index (χ3n) is 7.33. The molecule has 3 N–H and O–H groups in total. The molecule has 1 unspecified atom stereocenters. The summed E-state index contributed by atoms with van der Waals surface area (Å²) in [5.41, 5.74) is 7.10. The van der Waals surface area contributed by atoms with E-state index < -0.39 is 24.7 Å². The highest BCUT2D eigenvalue weighted by Gasteiger charge is 2.44. The van der Waals surface area contributed by atoms with Crippen LogP contribution < -0.4 is 11.1 Å². The van der Waals surface area contributed by atoms with Gasteiger partial charge in [0, 0.05) is 30.6 Å². The second-order valence-corrected chi connectivity index (χ2v) is 9.67. The van der Waals surface area contributed by atoms with Crippen LogP contribution in [-0.4, -0.2) is 60.1 Å². The molecule has 0 spiro atoms. The molecule has 0 saturated carbocycles.